The summed E-state index contributed by atoms with van der Waals surface area (Å²) in [6, 6.07) is 5.91. The quantitative estimate of drug-likeness (QED) is 0.829. The van der Waals surface area contributed by atoms with Gasteiger partial charge in [-0.1, -0.05) is 20.8 Å². The highest BCUT2D eigenvalue weighted by Gasteiger charge is 2.50. The summed E-state index contributed by atoms with van der Waals surface area (Å²) in [6.07, 6.45) is 3.81. The first-order valence-corrected chi connectivity index (χ1v) is 7.31. The van der Waals surface area contributed by atoms with Crippen molar-refractivity contribution in [1.29, 1.82) is 0 Å². The lowest BCUT2D eigenvalue weighted by atomic mass is 10.0. The molecule has 1 aromatic carbocycles. The topological polar surface area (TPSA) is 42.1 Å². The standard InChI is InChI=1S/C17H21NO2/c1-4-7-20-11-5-6-15-12(8-11)13(10-18-15)16(19)14-9-17(14,2)3/h5-6,8,10,14,18H,4,7,9H2,1-3H3. The lowest BCUT2D eigenvalue weighted by Crippen LogP contribution is -2.05. The van der Waals surface area contributed by atoms with Gasteiger partial charge in [0.05, 0.1) is 6.61 Å². The Balaban J connectivity index is 1.93. The van der Waals surface area contributed by atoms with Gasteiger partial charge in [-0.3, -0.25) is 4.79 Å². The second-order valence-corrected chi connectivity index (χ2v) is 6.37. The third kappa shape index (κ3) is 2.21. The molecule has 2 aromatic rings. The van der Waals surface area contributed by atoms with Crippen molar-refractivity contribution in [2.75, 3.05) is 6.61 Å². The maximum absolute atomic E-state index is 12.6. The van der Waals surface area contributed by atoms with Gasteiger partial charge in [0, 0.05) is 28.6 Å². The first kappa shape index (κ1) is 13.2. The molecule has 106 valence electrons. The number of carbonyl (C=O) groups is 1. The second-order valence-electron chi connectivity index (χ2n) is 6.37. The Bertz CT molecular complexity index is 654. The van der Waals surface area contributed by atoms with E-state index >= 15 is 0 Å². The van der Waals surface area contributed by atoms with Crippen LogP contribution >= 0.6 is 0 Å². The number of ether oxygens (including phenoxy) is 1. The molecule has 0 amide bonds. The van der Waals surface area contributed by atoms with Gasteiger partial charge in [0.1, 0.15) is 5.75 Å². The van der Waals surface area contributed by atoms with Crippen LogP contribution in [-0.2, 0) is 0 Å². The van der Waals surface area contributed by atoms with Crippen molar-refractivity contribution in [3.05, 3.63) is 30.0 Å². The van der Waals surface area contributed by atoms with Crippen LogP contribution in [0.15, 0.2) is 24.4 Å². The van der Waals surface area contributed by atoms with E-state index in [2.05, 4.69) is 25.8 Å². The van der Waals surface area contributed by atoms with E-state index in [1.54, 1.807) is 0 Å². The molecule has 0 radical (unpaired) electrons. The Morgan fingerprint density at radius 3 is 2.85 bits per heavy atom. The Kier molecular flexibility index (Phi) is 3.08. The fraction of sp³-hybridized carbons (Fsp3) is 0.471. The molecule has 0 bridgehead atoms. The highest BCUT2D eigenvalue weighted by atomic mass is 16.5. The highest BCUT2D eigenvalue weighted by Crippen LogP contribution is 2.53. The van der Waals surface area contributed by atoms with Crippen molar-refractivity contribution in [1.82, 2.24) is 4.98 Å². The molecule has 1 aliphatic carbocycles. The largest absolute Gasteiger partial charge is 0.494 e. The molecule has 3 nitrogen and oxygen atoms in total. The summed E-state index contributed by atoms with van der Waals surface area (Å²) in [5.74, 6) is 1.26. The predicted octanol–water partition coefficient (Wildman–Crippen LogP) is 4.19. The smallest absolute Gasteiger partial charge is 0.168 e. The molecule has 1 unspecified atom stereocenters. The first-order chi connectivity index (χ1) is 9.53. The van der Waals surface area contributed by atoms with Crippen LogP contribution in [0.3, 0.4) is 0 Å². The van der Waals surface area contributed by atoms with E-state index < -0.39 is 0 Å². The van der Waals surface area contributed by atoms with Crippen molar-refractivity contribution in [2.24, 2.45) is 11.3 Å². The number of aromatic nitrogens is 1. The fourth-order valence-electron chi connectivity index (χ4n) is 2.72. The first-order valence-electron chi connectivity index (χ1n) is 7.31. The number of hydrogen-bond donors (Lipinski definition) is 1. The van der Waals surface area contributed by atoms with E-state index in [0.717, 1.165) is 35.1 Å². The van der Waals surface area contributed by atoms with Gasteiger partial charge in [0.25, 0.3) is 0 Å². The number of carbonyl (C=O) groups excluding carboxylic acids is 1. The normalized spacial score (nSPS) is 20.1. The SMILES string of the molecule is CCCOc1ccc2[nH]cc(C(=O)C3CC3(C)C)c2c1. The highest BCUT2D eigenvalue weighted by molar-refractivity contribution is 6.10. The Morgan fingerprint density at radius 1 is 1.45 bits per heavy atom. The number of nitrogens with one attached hydrogen (secondary N) is 1. The zero-order chi connectivity index (χ0) is 14.3. The van der Waals surface area contributed by atoms with E-state index in [9.17, 15) is 4.79 Å². The van der Waals surface area contributed by atoms with Crippen LogP contribution in [0.4, 0.5) is 0 Å². The molecule has 1 saturated carbocycles. The molecule has 1 aromatic heterocycles. The van der Waals surface area contributed by atoms with E-state index in [1.807, 2.05) is 24.4 Å². The molecule has 1 fully saturated rings. The average molecular weight is 271 g/mol. The van der Waals surface area contributed by atoms with E-state index in [0.29, 0.717) is 6.61 Å². The summed E-state index contributed by atoms with van der Waals surface area (Å²) >= 11 is 0. The van der Waals surface area contributed by atoms with Crippen LogP contribution < -0.4 is 4.74 Å². The average Bonchev–Trinajstić information content (AvgIpc) is 2.88. The summed E-state index contributed by atoms with van der Waals surface area (Å²) in [7, 11) is 0. The van der Waals surface area contributed by atoms with Crippen molar-refractivity contribution >= 4 is 16.7 Å². The van der Waals surface area contributed by atoms with Gasteiger partial charge in [-0.2, -0.15) is 0 Å². The Labute approximate surface area is 119 Å². The Hall–Kier alpha value is -1.77. The molecule has 0 spiro atoms. The fourth-order valence-corrected chi connectivity index (χ4v) is 2.72. The van der Waals surface area contributed by atoms with Crippen LogP contribution in [-0.4, -0.2) is 17.4 Å². The van der Waals surface area contributed by atoms with E-state index in [4.69, 9.17) is 4.74 Å². The minimum Gasteiger partial charge on any atom is -0.494 e. The van der Waals surface area contributed by atoms with Gasteiger partial charge < -0.3 is 9.72 Å². The lowest BCUT2D eigenvalue weighted by molar-refractivity contribution is 0.0955. The molecule has 20 heavy (non-hydrogen) atoms. The van der Waals surface area contributed by atoms with Crippen LogP contribution in [0.1, 0.15) is 44.0 Å². The van der Waals surface area contributed by atoms with Gasteiger partial charge in [0.15, 0.2) is 5.78 Å². The number of aromatic amines is 1. The molecule has 1 atom stereocenters. The zero-order valence-corrected chi connectivity index (χ0v) is 12.3. The maximum Gasteiger partial charge on any atom is 0.168 e. The predicted molar refractivity (Wildman–Crippen MR) is 80.3 cm³/mol. The van der Waals surface area contributed by atoms with Gasteiger partial charge >= 0.3 is 0 Å². The number of benzene rings is 1. The lowest BCUT2D eigenvalue weighted by Gasteiger charge is -2.05. The van der Waals surface area contributed by atoms with Crippen molar-refractivity contribution in [2.45, 2.75) is 33.6 Å². The number of Topliss-reactive ketones (excluding diaryl/α,β-unsaturated/α-hetero) is 1. The molecule has 1 aliphatic rings. The van der Waals surface area contributed by atoms with Crippen molar-refractivity contribution < 1.29 is 9.53 Å². The molecule has 1 heterocycles. The van der Waals surface area contributed by atoms with Gasteiger partial charge in [-0.15, -0.1) is 0 Å². The van der Waals surface area contributed by atoms with E-state index in [1.165, 1.54) is 0 Å². The molecule has 1 N–H and O–H groups in total. The minimum absolute atomic E-state index is 0.164. The third-order valence-corrected chi connectivity index (χ3v) is 4.22. The van der Waals surface area contributed by atoms with Crippen LogP contribution in [0.25, 0.3) is 10.9 Å². The molecular formula is C17H21NO2. The van der Waals surface area contributed by atoms with Gasteiger partial charge in [-0.05, 0) is 36.5 Å². The van der Waals surface area contributed by atoms with Gasteiger partial charge in [0.2, 0.25) is 0 Å². The minimum atomic E-state index is 0.164. The molecule has 3 rings (SSSR count). The molecule has 0 saturated heterocycles. The summed E-state index contributed by atoms with van der Waals surface area (Å²) in [5, 5.41) is 0.978. The van der Waals surface area contributed by atoms with Crippen molar-refractivity contribution in [3.8, 4) is 5.75 Å². The van der Waals surface area contributed by atoms with Crippen molar-refractivity contribution in [3.63, 3.8) is 0 Å². The molecule has 0 aliphatic heterocycles. The zero-order valence-electron chi connectivity index (χ0n) is 12.3. The van der Waals surface area contributed by atoms with Crippen LogP contribution in [0.2, 0.25) is 0 Å². The number of H-pyrrole nitrogens is 1. The summed E-state index contributed by atoms with van der Waals surface area (Å²) < 4.78 is 5.66. The van der Waals surface area contributed by atoms with Crippen LogP contribution in [0.5, 0.6) is 5.75 Å². The number of hydrogen-bond acceptors (Lipinski definition) is 2. The number of ketones is 1. The number of fused-ring (bicyclic) bond motifs is 1. The monoisotopic (exact) mass is 271 g/mol. The third-order valence-electron chi connectivity index (χ3n) is 4.22. The number of rotatable bonds is 5. The summed E-state index contributed by atoms with van der Waals surface area (Å²) in [5.41, 5.74) is 1.96. The maximum atomic E-state index is 12.6. The van der Waals surface area contributed by atoms with E-state index in [-0.39, 0.29) is 17.1 Å². The molecule has 3 heteroatoms. The summed E-state index contributed by atoms with van der Waals surface area (Å²) in [6.45, 7) is 7.09. The molecular weight excluding hydrogens is 250 g/mol. The van der Waals surface area contributed by atoms with Crippen LogP contribution in [0, 0.1) is 11.3 Å². The Morgan fingerprint density at radius 2 is 2.20 bits per heavy atom. The second kappa shape index (κ2) is 4.65. The summed E-state index contributed by atoms with van der Waals surface area (Å²) in [4.78, 5) is 15.7. The van der Waals surface area contributed by atoms with Gasteiger partial charge in [-0.25, -0.2) is 0 Å².